The number of hydrogen-bond donors (Lipinski definition) is 2. The number of nitrogens with one attached hydrogen (secondary N) is 1. The molecule has 2 aromatic rings. The molecule has 55 heavy (non-hydrogen) atoms. The molecule has 1 aromatic heterocycles. The molecule has 13 heteroatoms. The number of carbonyl (C=O) groups is 4. The Balaban J connectivity index is 1.56. The number of pyridine rings is 1. The van der Waals surface area contributed by atoms with E-state index in [1.54, 1.807) is 47.7 Å². The third-order valence-electron chi connectivity index (χ3n) is 11.9. The minimum atomic E-state index is -1.38. The molecule has 1 unspecified atom stereocenters. The number of hydrogen-bond acceptors (Lipinski definition) is 12. The molecule has 3 fully saturated rings. The van der Waals surface area contributed by atoms with E-state index in [1.165, 1.54) is 6.92 Å². The van der Waals surface area contributed by atoms with Crippen molar-refractivity contribution in [1.29, 1.82) is 0 Å². The number of carbonyl (C=O) groups excluding carboxylic acids is 4. The topological polar surface area (TPSA) is 163 Å². The number of aromatic nitrogens is 1. The number of Topliss-reactive ketones (excluding diaryl/α,β-unsaturated/α-hetero) is 2. The highest BCUT2D eigenvalue weighted by Gasteiger charge is 2.57. The van der Waals surface area contributed by atoms with Gasteiger partial charge >= 0.3 is 12.1 Å². The van der Waals surface area contributed by atoms with Gasteiger partial charge in [0.25, 0.3) is 0 Å². The summed E-state index contributed by atoms with van der Waals surface area (Å²) in [5.41, 5.74) is -1.00. The fourth-order valence-electron chi connectivity index (χ4n) is 8.73. The molecular formula is C42H59N3O10. The van der Waals surface area contributed by atoms with Crippen LogP contribution in [0, 0.1) is 23.7 Å². The van der Waals surface area contributed by atoms with Gasteiger partial charge in [-0.3, -0.25) is 19.4 Å². The van der Waals surface area contributed by atoms with E-state index < -0.39 is 83.4 Å². The van der Waals surface area contributed by atoms with Crippen molar-refractivity contribution in [2.24, 2.45) is 23.7 Å². The van der Waals surface area contributed by atoms with Crippen molar-refractivity contribution in [2.75, 3.05) is 20.7 Å². The number of aliphatic hydroxyl groups is 1. The summed E-state index contributed by atoms with van der Waals surface area (Å²) in [6.45, 7) is 13.8. The monoisotopic (exact) mass is 765 g/mol. The smallest absolute Gasteiger partial charge is 0.408 e. The first-order chi connectivity index (χ1) is 25.9. The van der Waals surface area contributed by atoms with Crippen LogP contribution in [-0.4, -0.2) is 113 Å². The number of para-hydroxylation sites is 1. The van der Waals surface area contributed by atoms with Gasteiger partial charge in [0.1, 0.15) is 23.9 Å². The standard InChI is InChI=1S/C42H59N3O10/c1-11-32-42(8)36(44-40(50)55-42)25(4)33(46)23(2)21-41(7,51-18-14-15-28-20-29-16-12-13-17-30(29)43-22-28)37(26(5)34(47)27(6)38(49)53-32)54-39-35(48)31(45(9)10)19-24(3)52-39/h12-17,20,22-27,31-32,35-37,39,48H,11,18-19,21H2,1-10H3,(H,44,50)/t23-,24-,25+,26+,27-,31+,32?,35-,36-,37-,39+,41-,42-/m1/s1. The van der Waals surface area contributed by atoms with E-state index >= 15 is 0 Å². The molecule has 0 spiro atoms. The largest absolute Gasteiger partial charge is 0.458 e. The first-order valence-electron chi connectivity index (χ1n) is 19.5. The second-order valence-electron chi connectivity index (χ2n) is 16.4. The van der Waals surface area contributed by atoms with Crippen LogP contribution in [-0.2, 0) is 38.1 Å². The fourth-order valence-corrected chi connectivity index (χ4v) is 8.73. The van der Waals surface area contributed by atoms with E-state index in [-0.39, 0.29) is 37.4 Å². The van der Waals surface area contributed by atoms with Crippen LogP contribution < -0.4 is 5.32 Å². The number of likely N-dealkylation sites (N-methyl/N-ethyl adjacent to an activating group) is 1. The zero-order chi connectivity index (χ0) is 40.4. The lowest BCUT2D eigenvalue weighted by Crippen LogP contribution is -2.60. The summed E-state index contributed by atoms with van der Waals surface area (Å²) < 4.78 is 31.4. The van der Waals surface area contributed by atoms with Crippen molar-refractivity contribution in [3.05, 3.63) is 48.2 Å². The van der Waals surface area contributed by atoms with Gasteiger partial charge in [-0.1, -0.05) is 58.0 Å². The molecule has 302 valence electrons. The summed E-state index contributed by atoms with van der Waals surface area (Å²) >= 11 is 0. The Morgan fingerprint density at radius 3 is 2.44 bits per heavy atom. The molecule has 0 bridgehead atoms. The van der Waals surface area contributed by atoms with E-state index in [1.807, 2.05) is 68.4 Å². The fraction of sp³-hybridized carbons (Fsp3) is 0.643. The predicted octanol–water partition coefficient (Wildman–Crippen LogP) is 5.11. The zero-order valence-corrected chi connectivity index (χ0v) is 33.8. The van der Waals surface area contributed by atoms with Crippen LogP contribution in [0.3, 0.4) is 0 Å². The molecule has 4 heterocycles. The number of alkyl carbamates (subject to hydrolysis) is 1. The van der Waals surface area contributed by atoms with Gasteiger partial charge in [-0.15, -0.1) is 0 Å². The summed E-state index contributed by atoms with van der Waals surface area (Å²) in [4.78, 5) is 61.8. The number of benzene rings is 1. The van der Waals surface area contributed by atoms with Gasteiger partial charge in [-0.2, -0.15) is 0 Å². The third-order valence-corrected chi connectivity index (χ3v) is 11.9. The first kappa shape index (κ1) is 42.4. The van der Waals surface area contributed by atoms with Crippen LogP contribution in [0.5, 0.6) is 0 Å². The molecule has 0 saturated carbocycles. The highest BCUT2D eigenvalue weighted by atomic mass is 16.7. The van der Waals surface area contributed by atoms with E-state index in [0.717, 1.165) is 16.5 Å². The minimum absolute atomic E-state index is 0.0612. The van der Waals surface area contributed by atoms with E-state index in [2.05, 4.69) is 10.3 Å². The molecule has 13 atom stereocenters. The average molecular weight is 766 g/mol. The Morgan fingerprint density at radius 1 is 1.04 bits per heavy atom. The van der Waals surface area contributed by atoms with Crippen molar-refractivity contribution >= 4 is 40.6 Å². The van der Waals surface area contributed by atoms with Crippen LogP contribution in [0.25, 0.3) is 17.0 Å². The lowest BCUT2D eigenvalue weighted by molar-refractivity contribution is -0.296. The predicted molar refractivity (Wildman–Crippen MR) is 206 cm³/mol. The Hall–Kier alpha value is -3.75. The first-order valence-corrected chi connectivity index (χ1v) is 19.5. The second-order valence-corrected chi connectivity index (χ2v) is 16.4. The summed E-state index contributed by atoms with van der Waals surface area (Å²) in [5.74, 6) is -5.12. The van der Waals surface area contributed by atoms with Crippen molar-refractivity contribution in [1.82, 2.24) is 15.2 Å². The van der Waals surface area contributed by atoms with Gasteiger partial charge in [0.05, 0.1) is 36.0 Å². The van der Waals surface area contributed by atoms with Crippen LogP contribution in [0.1, 0.15) is 80.2 Å². The quantitative estimate of drug-likeness (QED) is 0.270. The number of nitrogens with zero attached hydrogens (tertiary/aromatic N) is 2. The molecule has 0 radical (unpaired) electrons. The second kappa shape index (κ2) is 17.2. The molecular weight excluding hydrogens is 706 g/mol. The summed E-state index contributed by atoms with van der Waals surface area (Å²) in [6.07, 6.45) is 1.12. The molecule has 3 aliphatic heterocycles. The van der Waals surface area contributed by atoms with Gasteiger partial charge < -0.3 is 39.0 Å². The molecule has 0 aliphatic carbocycles. The average Bonchev–Trinajstić information content (AvgIpc) is 3.47. The van der Waals surface area contributed by atoms with Gasteiger partial charge in [-0.05, 0) is 78.7 Å². The number of amides is 1. The van der Waals surface area contributed by atoms with Crippen LogP contribution in [0.2, 0.25) is 0 Å². The lowest BCUT2D eigenvalue weighted by Gasteiger charge is -2.47. The van der Waals surface area contributed by atoms with Crippen molar-refractivity contribution in [3.8, 4) is 0 Å². The van der Waals surface area contributed by atoms with E-state index in [9.17, 15) is 24.3 Å². The number of esters is 1. The molecule has 1 amide bonds. The Morgan fingerprint density at radius 2 is 1.75 bits per heavy atom. The maximum absolute atomic E-state index is 14.4. The van der Waals surface area contributed by atoms with E-state index in [4.69, 9.17) is 23.7 Å². The van der Waals surface area contributed by atoms with Gasteiger partial charge in [-0.25, -0.2) is 4.79 Å². The summed E-state index contributed by atoms with van der Waals surface area (Å²) in [7, 11) is 3.74. The molecule has 3 aliphatic rings. The van der Waals surface area contributed by atoms with E-state index in [0.29, 0.717) is 6.42 Å². The summed E-state index contributed by atoms with van der Waals surface area (Å²) in [5, 5.41) is 15.4. The number of rotatable bonds is 8. The molecule has 3 saturated heterocycles. The highest BCUT2D eigenvalue weighted by Crippen LogP contribution is 2.40. The third kappa shape index (κ3) is 8.96. The maximum Gasteiger partial charge on any atom is 0.408 e. The van der Waals surface area contributed by atoms with Crippen molar-refractivity contribution in [3.63, 3.8) is 0 Å². The number of ether oxygens (including phenoxy) is 5. The summed E-state index contributed by atoms with van der Waals surface area (Å²) in [6, 6.07) is 8.70. The number of fused-ring (bicyclic) bond motifs is 2. The Kier molecular flexibility index (Phi) is 13.2. The molecule has 1 aromatic carbocycles. The zero-order valence-electron chi connectivity index (χ0n) is 33.8. The van der Waals surface area contributed by atoms with Gasteiger partial charge in [0.15, 0.2) is 17.7 Å². The lowest BCUT2D eigenvalue weighted by atomic mass is 9.73. The van der Waals surface area contributed by atoms with Gasteiger partial charge in [0, 0.05) is 35.4 Å². The molecule has 2 N–H and O–H groups in total. The highest BCUT2D eigenvalue weighted by molar-refractivity contribution is 6.00. The Labute approximate surface area is 324 Å². The van der Waals surface area contributed by atoms with Crippen LogP contribution >= 0.6 is 0 Å². The van der Waals surface area contributed by atoms with Crippen molar-refractivity contribution < 1.29 is 48.0 Å². The van der Waals surface area contributed by atoms with Crippen LogP contribution in [0.15, 0.2) is 42.6 Å². The normalized spacial score (nSPS) is 38.1. The number of aliphatic hydroxyl groups excluding tert-OH is 1. The molecule has 13 nitrogen and oxygen atoms in total. The number of ketones is 2. The van der Waals surface area contributed by atoms with Crippen LogP contribution in [0.4, 0.5) is 4.79 Å². The van der Waals surface area contributed by atoms with Gasteiger partial charge in [0.2, 0.25) is 0 Å². The maximum atomic E-state index is 14.4. The SMILES string of the molecule is CCC1OC(=O)[C@H](C)C(=O)[C@H](C)[C@@H](O[C@@H]2O[C@H](C)C[C@H](N(C)C)[C@H]2O)[C@](C)(OCC=Cc2cnc3ccccc3c2)C[C@@H](C)C(=O)[C@H](C)[C@H]2NC(=O)O[C@]12C. The number of cyclic esters (lactones) is 1. The molecule has 5 rings (SSSR count). The Bertz CT molecular complexity index is 1750. The minimum Gasteiger partial charge on any atom is -0.458 e. The van der Waals surface area contributed by atoms with Crippen molar-refractivity contribution in [2.45, 2.75) is 129 Å².